The average Bonchev–Trinajstić information content (AvgIpc) is 1.98. The maximum Gasteiger partial charge on any atom is 0.133 e. The SMILES string of the molecule is CC1CN(CC=O)[C@@H](C)CN1. The smallest absolute Gasteiger partial charge is 0.133 e. The van der Waals surface area contributed by atoms with Gasteiger partial charge in [-0.3, -0.25) is 4.90 Å². The van der Waals surface area contributed by atoms with Crippen LogP contribution < -0.4 is 5.32 Å². The number of carbonyl (C=O) groups excluding carboxylic acids is 1. The van der Waals surface area contributed by atoms with E-state index in [0.29, 0.717) is 18.6 Å². The fraction of sp³-hybridized carbons (Fsp3) is 0.875. The molecule has 1 aliphatic heterocycles. The third-order valence-electron chi connectivity index (χ3n) is 2.20. The molecule has 0 aromatic rings. The van der Waals surface area contributed by atoms with Gasteiger partial charge in [-0.25, -0.2) is 0 Å². The Morgan fingerprint density at radius 2 is 2.36 bits per heavy atom. The Labute approximate surface area is 67.8 Å². The predicted molar refractivity (Wildman–Crippen MR) is 44.6 cm³/mol. The highest BCUT2D eigenvalue weighted by Gasteiger charge is 2.20. The van der Waals surface area contributed by atoms with E-state index in [9.17, 15) is 4.79 Å². The molecule has 3 heteroatoms. The molecular weight excluding hydrogens is 140 g/mol. The summed E-state index contributed by atoms with van der Waals surface area (Å²) in [6, 6.07) is 1.02. The standard InChI is InChI=1S/C8H16N2O/c1-7-6-10(3-4-11)8(2)5-9-7/h4,7-9H,3,5-6H2,1-2H3/t7?,8-/m0/s1. The van der Waals surface area contributed by atoms with Gasteiger partial charge in [-0.05, 0) is 13.8 Å². The molecule has 0 amide bonds. The van der Waals surface area contributed by atoms with Gasteiger partial charge in [0.2, 0.25) is 0 Å². The van der Waals surface area contributed by atoms with E-state index in [1.807, 2.05) is 0 Å². The zero-order valence-corrected chi connectivity index (χ0v) is 7.21. The van der Waals surface area contributed by atoms with Gasteiger partial charge in [0, 0.05) is 25.2 Å². The van der Waals surface area contributed by atoms with E-state index < -0.39 is 0 Å². The summed E-state index contributed by atoms with van der Waals surface area (Å²) in [4.78, 5) is 12.5. The number of nitrogens with one attached hydrogen (secondary N) is 1. The molecule has 0 aliphatic carbocycles. The van der Waals surface area contributed by atoms with Gasteiger partial charge in [0.05, 0.1) is 6.54 Å². The van der Waals surface area contributed by atoms with Gasteiger partial charge in [-0.1, -0.05) is 0 Å². The highest BCUT2D eigenvalue weighted by atomic mass is 16.1. The van der Waals surface area contributed by atoms with Crippen LogP contribution in [0.4, 0.5) is 0 Å². The number of hydrogen-bond donors (Lipinski definition) is 1. The van der Waals surface area contributed by atoms with Gasteiger partial charge < -0.3 is 10.1 Å². The molecule has 64 valence electrons. The minimum atomic E-state index is 0.497. The summed E-state index contributed by atoms with van der Waals surface area (Å²) in [6.07, 6.45) is 0.981. The van der Waals surface area contributed by atoms with Crippen molar-refractivity contribution in [1.82, 2.24) is 10.2 Å². The third-order valence-corrected chi connectivity index (χ3v) is 2.20. The van der Waals surface area contributed by atoms with Gasteiger partial charge in [-0.15, -0.1) is 0 Å². The molecule has 0 spiro atoms. The highest BCUT2D eigenvalue weighted by molar-refractivity contribution is 5.52. The topological polar surface area (TPSA) is 32.3 Å². The van der Waals surface area contributed by atoms with Crippen LogP contribution in [0.5, 0.6) is 0 Å². The maximum atomic E-state index is 10.3. The molecule has 0 aromatic carbocycles. The van der Waals surface area contributed by atoms with Crippen molar-refractivity contribution in [2.45, 2.75) is 25.9 Å². The van der Waals surface area contributed by atoms with Crippen molar-refractivity contribution in [3.05, 3.63) is 0 Å². The summed E-state index contributed by atoms with van der Waals surface area (Å²) in [7, 11) is 0. The van der Waals surface area contributed by atoms with E-state index >= 15 is 0 Å². The molecule has 3 nitrogen and oxygen atoms in total. The normalized spacial score (nSPS) is 33.6. The number of hydrogen-bond acceptors (Lipinski definition) is 3. The number of nitrogens with zero attached hydrogens (tertiary/aromatic N) is 1. The summed E-state index contributed by atoms with van der Waals surface area (Å²) in [6.45, 7) is 6.84. The van der Waals surface area contributed by atoms with Crippen LogP contribution >= 0.6 is 0 Å². The minimum Gasteiger partial charge on any atom is -0.311 e. The molecule has 0 bridgehead atoms. The molecule has 0 radical (unpaired) electrons. The number of carbonyl (C=O) groups is 1. The van der Waals surface area contributed by atoms with Crippen LogP contribution in [0.3, 0.4) is 0 Å². The lowest BCUT2D eigenvalue weighted by atomic mass is 10.1. The van der Waals surface area contributed by atoms with E-state index in [0.717, 1.165) is 19.4 Å². The van der Waals surface area contributed by atoms with Gasteiger partial charge >= 0.3 is 0 Å². The second kappa shape index (κ2) is 3.83. The number of piperazine rings is 1. The Balaban J connectivity index is 2.40. The van der Waals surface area contributed by atoms with Crippen molar-refractivity contribution in [1.29, 1.82) is 0 Å². The maximum absolute atomic E-state index is 10.3. The summed E-state index contributed by atoms with van der Waals surface area (Å²) < 4.78 is 0. The van der Waals surface area contributed by atoms with Crippen LogP contribution in [0.25, 0.3) is 0 Å². The fourth-order valence-electron chi connectivity index (χ4n) is 1.45. The monoisotopic (exact) mass is 156 g/mol. The van der Waals surface area contributed by atoms with Gasteiger partial charge in [0.25, 0.3) is 0 Å². The van der Waals surface area contributed by atoms with Crippen molar-refractivity contribution < 1.29 is 4.79 Å². The number of aldehydes is 1. The minimum absolute atomic E-state index is 0.497. The van der Waals surface area contributed by atoms with E-state index in [4.69, 9.17) is 0 Å². The van der Waals surface area contributed by atoms with Crippen molar-refractivity contribution in [2.24, 2.45) is 0 Å². The predicted octanol–water partition coefficient (Wildman–Crippen LogP) is -0.132. The van der Waals surface area contributed by atoms with Gasteiger partial charge in [0.1, 0.15) is 6.29 Å². The Morgan fingerprint density at radius 1 is 1.64 bits per heavy atom. The van der Waals surface area contributed by atoms with Crippen molar-refractivity contribution in [3.63, 3.8) is 0 Å². The molecule has 2 atom stereocenters. The first kappa shape index (κ1) is 8.68. The largest absolute Gasteiger partial charge is 0.311 e. The Bertz CT molecular complexity index is 138. The molecule has 0 saturated carbocycles. The Kier molecular flexibility index (Phi) is 3.02. The van der Waals surface area contributed by atoms with Crippen LogP contribution in [-0.2, 0) is 4.79 Å². The quantitative estimate of drug-likeness (QED) is 0.565. The lowest BCUT2D eigenvalue weighted by molar-refractivity contribution is -0.109. The summed E-state index contributed by atoms with van der Waals surface area (Å²) in [5, 5.41) is 3.36. The molecule has 1 saturated heterocycles. The highest BCUT2D eigenvalue weighted by Crippen LogP contribution is 2.04. The molecule has 1 N–H and O–H groups in total. The first-order valence-electron chi connectivity index (χ1n) is 4.15. The molecule has 0 aromatic heterocycles. The van der Waals surface area contributed by atoms with Crippen LogP contribution in [0.2, 0.25) is 0 Å². The second-order valence-electron chi connectivity index (χ2n) is 3.28. The number of rotatable bonds is 2. The second-order valence-corrected chi connectivity index (χ2v) is 3.28. The van der Waals surface area contributed by atoms with E-state index in [-0.39, 0.29) is 0 Å². The van der Waals surface area contributed by atoms with Crippen LogP contribution in [0, 0.1) is 0 Å². The molecule has 1 rings (SSSR count). The first-order valence-corrected chi connectivity index (χ1v) is 4.15. The van der Waals surface area contributed by atoms with Crippen molar-refractivity contribution in [3.8, 4) is 0 Å². The molecule has 11 heavy (non-hydrogen) atoms. The summed E-state index contributed by atoms with van der Waals surface area (Å²) >= 11 is 0. The molecule has 1 aliphatic rings. The lowest BCUT2D eigenvalue weighted by Gasteiger charge is -2.36. The van der Waals surface area contributed by atoms with E-state index in [1.54, 1.807) is 0 Å². The van der Waals surface area contributed by atoms with Crippen LogP contribution in [0.1, 0.15) is 13.8 Å². The summed E-state index contributed by atoms with van der Waals surface area (Å²) in [5.41, 5.74) is 0. The lowest BCUT2D eigenvalue weighted by Crippen LogP contribution is -2.54. The first-order chi connectivity index (χ1) is 5.24. The van der Waals surface area contributed by atoms with Crippen molar-refractivity contribution >= 4 is 6.29 Å². The zero-order valence-electron chi connectivity index (χ0n) is 7.21. The fourth-order valence-corrected chi connectivity index (χ4v) is 1.45. The third kappa shape index (κ3) is 2.27. The van der Waals surface area contributed by atoms with Gasteiger partial charge in [-0.2, -0.15) is 0 Å². The summed E-state index contributed by atoms with van der Waals surface area (Å²) in [5.74, 6) is 0. The van der Waals surface area contributed by atoms with E-state index in [2.05, 4.69) is 24.1 Å². The van der Waals surface area contributed by atoms with Gasteiger partial charge in [0.15, 0.2) is 0 Å². The van der Waals surface area contributed by atoms with Crippen molar-refractivity contribution in [2.75, 3.05) is 19.6 Å². The average molecular weight is 156 g/mol. The zero-order chi connectivity index (χ0) is 8.27. The molecule has 1 unspecified atom stereocenters. The molecular formula is C8H16N2O. The Morgan fingerprint density at radius 3 is 3.00 bits per heavy atom. The van der Waals surface area contributed by atoms with Crippen LogP contribution in [0.15, 0.2) is 0 Å². The Hall–Kier alpha value is -0.410. The van der Waals surface area contributed by atoms with E-state index in [1.165, 1.54) is 0 Å². The molecule has 1 heterocycles. The molecule has 1 fully saturated rings. The van der Waals surface area contributed by atoms with Crippen LogP contribution in [-0.4, -0.2) is 42.9 Å².